The molecule has 92 valence electrons. The Labute approximate surface area is 111 Å². The van der Waals surface area contributed by atoms with E-state index in [1.807, 2.05) is 0 Å². The summed E-state index contributed by atoms with van der Waals surface area (Å²) in [6, 6.07) is 0. The third-order valence-electron chi connectivity index (χ3n) is 2.30. The summed E-state index contributed by atoms with van der Waals surface area (Å²) in [5.74, 6) is -0.225. The van der Waals surface area contributed by atoms with Gasteiger partial charge in [0, 0.05) is 12.4 Å². The van der Waals surface area contributed by atoms with Gasteiger partial charge in [-0.05, 0) is 12.8 Å². The second-order valence-electron chi connectivity index (χ2n) is 3.81. The molecule has 0 aliphatic carbocycles. The number of aliphatic hydroxyl groups is 1. The molecule has 0 aromatic rings. The minimum Gasteiger partial charge on any atom is -0.748 e. The number of unbranched alkanes of at least 4 members (excludes halogenated alkanes) is 7. The van der Waals surface area contributed by atoms with E-state index < -0.39 is 10.1 Å². The van der Waals surface area contributed by atoms with E-state index in [9.17, 15) is 13.0 Å². The Morgan fingerprint density at radius 1 is 0.812 bits per heavy atom. The topological polar surface area (TPSA) is 77.4 Å². The van der Waals surface area contributed by atoms with E-state index in [2.05, 4.69) is 0 Å². The van der Waals surface area contributed by atoms with E-state index in [1.165, 1.54) is 0 Å². The van der Waals surface area contributed by atoms with Crippen molar-refractivity contribution in [3.63, 3.8) is 0 Å². The fraction of sp³-hybridized carbons (Fsp3) is 1.00. The van der Waals surface area contributed by atoms with Crippen molar-refractivity contribution in [2.75, 3.05) is 12.4 Å². The first-order chi connectivity index (χ1) is 7.06. The molecule has 0 rings (SSSR count). The molecule has 0 fully saturated rings. The quantitative estimate of drug-likeness (QED) is 0.293. The van der Waals surface area contributed by atoms with Crippen LogP contribution in [0.3, 0.4) is 0 Å². The first-order valence-electron chi connectivity index (χ1n) is 5.60. The number of hydrogen-bond acceptors (Lipinski definition) is 4. The maximum absolute atomic E-state index is 10.3. The van der Waals surface area contributed by atoms with Gasteiger partial charge < -0.3 is 9.66 Å². The smallest absolute Gasteiger partial charge is 0.748 e. The summed E-state index contributed by atoms with van der Waals surface area (Å²) in [5.41, 5.74) is 0. The average Bonchev–Trinajstić information content (AvgIpc) is 2.14. The van der Waals surface area contributed by atoms with Crippen molar-refractivity contribution in [3.8, 4) is 0 Å². The molecule has 0 radical (unpaired) electrons. The summed E-state index contributed by atoms with van der Waals surface area (Å²) in [7, 11) is -4.01. The van der Waals surface area contributed by atoms with Crippen LogP contribution in [0.1, 0.15) is 51.4 Å². The summed E-state index contributed by atoms with van der Waals surface area (Å²) in [4.78, 5) is 0. The van der Waals surface area contributed by atoms with E-state index in [0.717, 1.165) is 44.9 Å². The summed E-state index contributed by atoms with van der Waals surface area (Å²) < 4.78 is 30.8. The van der Waals surface area contributed by atoms with Gasteiger partial charge in [0.25, 0.3) is 0 Å². The van der Waals surface area contributed by atoms with Gasteiger partial charge in [0.15, 0.2) is 0 Å². The SMILES string of the molecule is O=S(=O)([O-])CCCCCCCCCCO.[Li+]. The molecular weight excluding hydrogens is 223 g/mol. The zero-order valence-corrected chi connectivity index (χ0v) is 11.0. The standard InChI is InChI=1S/C10H22O4S.Li/c11-9-7-5-3-1-2-4-6-8-10-15(12,13)14;/h11H,1-10H2,(H,12,13,14);/q;+1/p-1. The molecule has 0 aromatic carbocycles. The van der Waals surface area contributed by atoms with Crippen LogP contribution in [0.15, 0.2) is 0 Å². The van der Waals surface area contributed by atoms with Crippen LogP contribution in [0.5, 0.6) is 0 Å². The monoisotopic (exact) mass is 244 g/mol. The second-order valence-corrected chi connectivity index (χ2v) is 5.34. The Hall–Kier alpha value is 0.467. The van der Waals surface area contributed by atoms with Crippen molar-refractivity contribution in [2.45, 2.75) is 51.4 Å². The first-order valence-corrected chi connectivity index (χ1v) is 7.18. The van der Waals surface area contributed by atoms with E-state index in [1.54, 1.807) is 0 Å². The zero-order valence-electron chi connectivity index (χ0n) is 10.2. The van der Waals surface area contributed by atoms with Crippen molar-refractivity contribution < 1.29 is 36.9 Å². The maximum atomic E-state index is 10.3. The van der Waals surface area contributed by atoms with Crippen LogP contribution < -0.4 is 18.9 Å². The van der Waals surface area contributed by atoms with Gasteiger partial charge in [-0.15, -0.1) is 0 Å². The largest absolute Gasteiger partial charge is 1.00 e. The Morgan fingerprint density at radius 2 is 1.19 bits per heavy atom. The first kappa shape index (κ1) is 18.8. The molecule has 0 atom stereocenters. The molecule has 0 spiro atoms. The Balaban J connectivity index is 0. The van der Waals surface area contributed by atoms with Crippen LogP contribution in [-0.2, 0) is 10.1 Å². The minimum atomic E-state index is -4.01. The van der Waals surface area contributed by atoms with E-state index in [4.69, 9.17) is 5.11 Å². The number of rotatable bonds is 10. The van der Waals surface area contributed by atoms with E-state index in [0.29, 0.717) is 6.42 Å². The minimum absolute atomic E-state index is 0. The van der Waals surface area contributed by atoms with E-state index in [-0.39, 0.29) is 31.2 Å². The molecule has 0 saturated carbocycles. The number of hydrogen-bond donors (Lipinski definition) is 1. The average molecular weight is 244 g/mol. The predicted molar refractivity (Wildman–Crippen MR) is 58.6 cm³/mol. The van der Waals surface area contributed by atoms with Crippen LogP contribution in [0, 0.1) is 0 Å². The Morgan fingerprint density at radius 3 is 1.56 bits per heavy atom. The van der Waals surface area contributed by atoms with Crippen molar-refractivity contribution >= 4 is 10.1 Å². The third-order valence-corrected chi connectivity index (χ3v) is 3.09. The third kappa shape index (κ3) is 16.9. The molecule has 4 nitrogen and oxygen atoms in total. The van der Waals surface area contributed by atoms with Gasteiger partial charge in [0.2, 0.25) is 0 Å². The molecule has 0 aliphatic heterocycles. The van der Waals surface area contributed by atoms with Gasteiger partial charge in [0.05, 0.1) is 10.1 Å². The molecule has 0 bridgehead atoms. The van der Waals surface area contributed by atoms with Crippen LogP contribution in [0.4, 0.5) is 0 Å². The van der Waals surface area contributed by atoms with Crippen molar-refractivity contribution in [2.24, 2.45) is 0 Å². The molecule has 0 unspecified atom stereocenters. The van der Waals surface area contributed by atoms with Crippen molar-refractivity contribution in [1.29, 1.82) is 0 Å². The molecule has 16 heavy (non-hydrogen) atoms. The molecular formula is C10H21LiO4S. The predicted octanol–water partition coefficient (Wildman–Crippen LogP) is -1.35. The molecule has 1 N–H and O–H groups in total. The molecule has 0 saturated heterocycles. The Bertz CT molecular complexity index is 229. The van der Waals surface area contributed by atoms with Crippen molar-refractivity contribution in [3.05, 3.63) is 0 Å². The summed E-state index contributed by atoms with van der Waals surface area (Å²) in [6.45, 7) is 0.265. The second kappa shape index (κ2) is 11.9. The fourth-order valence-corrected chi connectivity index (χ4v) is 2.01. The molecule has 0 heterocycles. The van der Waals surface area contributed by atoms with Gasteiger partial charge in [-0.2, -0.15) is 0 Å². The van der Waals surface area contributed by atoms with Crippen LogP contribution in [-0.4, -0.2) is 30.4 Å². The summed E-state index contributed by atoms with van der Waals surface area (Å²) in [6.07, 6.45) is 7.58. The van der Waals surface area contributed by atoms with Gasteiger partial charge in [-0.3, -0.25) is 0 Å². The number of aliphatic hydroxyl groups excluding tert-OH is 1. The molecule has 0 aromatic heterocycles. The normalized spacial score (nSPS) is 11.1. The van der Waals surface area contributed by atoms with Gasteiger partial charge in [0.1, 0.15) is 0 Å². The van der Waals surface area contributed by atoms with Crippen LogP contribution >= 0.6 is 0 Å². The Kier molecular flexibility index (Phi) is 14.0. The fourth-order valence-electron chi connectivity index (χ4n) is 1.45. The van der Waals surface area contributed by atoms with Gasteiger partial charge in [-0.25, -0.2) is 8.42 Å². The molecule has 0 aliphatic rings. The van der Waals surface area contributed by atoms with Crippen LogP contribution in [0.25, 0.3) is 0 Å². The van der Waals surface area contributed by atoms with E-state index >= 15 is 0 Å². The summed E-state index contributed by atoms with van der Waals surface area (Å²) in [5, 5.41) is 8.53. The summed E-state index contributed by atoms with van der Waals surface area (Å²) >= 11 is 0. The van der Waals surface area contributed by atoms with Crippen LogP contribution in [0.2, 0.25) is 0 Å². The van der Waals surface area contributed by atoms with Gasteiger partial charge >= 0.3 is 18.9 Å². The van der Waals surface area contributed by atoms with Gasteiger partial charge in [-0.1, -0.05) is 38.5 Å². The molecule has 6 heteroatoms. The van der Waals surface area contributed by atoms with Crippen molar-refractivity contribution in [1.82, 2.24) is 0 Å². The zero-order chi connectivity index (χ0) is 11.6. The molecule has 0 amide bonds. The maximum Gasteiger partial charge on any atom is 1.00 e.